The Labute approximate surface area is 160 Å². The van der Waals surface area contributed by atoms with Crippen molar-refractivity contribution in [2.45, 2.75) is 63.8 Å². The van der Waals surface area contributed by atoms with Crippen LogP contribution >= 0.6 is 12.4 Å². The van der Waals surface area contributed by atoms with E-state index in [-0.39, 0.29) is 24.4 Å². The molecule has 2 aromatic rings. The van der Waals surface area contributed by atoms with Crippen LogP contribution in [0.15, 0.2) is 28.8 Å². The van der Waals surface area contributed by atoms with E-state index in [2.05, 4.69) is 15.5 Å². The standard InChI is InChI=1S/C19H26N4O2.ClH/c1-13(19-22-18(23-25-19)15-8-3-2-4-9-15)21-17(24)12-11-14-7-5-6-10-16(14)20;/h5-7,10,13,15H,2-4,8-9,11-12,20H2,1H3,(H,21,24);1H. The van der Waals surface area contributed by atoms with E-state index in [1.165, 1.54) is 19.3 Å². The first-order valence-electron chi connectivity index (χ1n) is 9.09. The van der Waals surface area contributed by atoms with Gasteiger partial charge in [0.25, 0.3) is 0 Å². The van der Waals surface area contributed by atoms with E-state index in [0.717, 1.165) is 29.9 Å². The van der Waals surface area contributed by atoms with E-state index in [9.17, 15) is 4.79 Å². The van der Waals surface area contributed by atoms with Crippen LogP contribution in [0.4, 0.5) is 5.69 Å². The van der Waals surface area contributed by atoms with Crippen molar-refractivity contribution in [3.05, 3.63) is 41.5 Å². The maximum atomic E-state index is 12.2. The van der Waals surface area contributed by atoms with Crippen LogP contribution in [0.2, 0.25) is 0 Å². The second-order valence-electron chi connectivity index (χ2n) is 6.81. The van der Waals surface area contributed by atoms with Crippen LogP contribution in [0, 0.1) is 0 Å². The second kappa shape index (κ2) is 9.57. The van der Waals surface area contributed by atoms with Gasteiger partial charge in [0.15, 0.2) is 5.82 Å². The van der Waals surface area contributed by atoms with Gasteiger partial charge in [-0.05, 0) is 37.8 Å². The number of rotatable bonds is 6. The lowest BCUT2D eigenvalue weighted by atomic mass is 9.89. The zero-order valence-electron chi connectivity index (χ0n) is 15.1. The van der Waals surface area contributed by atoms with Crippen LogP contribution in [-0.4, -0.2) is 16.0 Å². The Bertz CT molecular complexity index is 713. The summed E-state index contributed by atoms with van der Waals surface area (Å²) < 4.78 is 5.37. The minimum Gasteiger partial charge on any atom is -0.399 e. The molecule has 3 N–H and O–H groups in total. The van der Waals surface area contributed by atoms with Gasteiger partial charge in [-0.15, -0.1) is 12.4 Å². The van der Waals surface area contributed by atoms with Crippen molar-refractivity contribution in [2.75, 3.05) is 5.73 Å². The van der Waals surface area contributed by atoms with E-state index >= 15 is 0 Å². The Kier molecular flexibility index (Phi) is 7.45. The lowest BCUT2D eigenvalue weighted by Gasteiger charge is -2.17. The van der Waals surface area contributed by atoms with E-state index in [4.69, 9.17) is 10.3 Å². The Morgan fingerprint density at radius 3 is 2.77 bits per heavy atom. The highest BCUT2D eigenvalue weighted by atomic mass is 35.5. The first-order chi connectivity index (χ1) is 12.1. The quantitative estimate of drug-likeness (QED) is 0.742. The van der Waals surface area contributed by atoms with E-state index in [1.807, 2.05) is 31.2 Å². The van der Waals surface area contributed by atoms with Crippen molar-refractivity contribution in [2.24, 2.45) is 0 Å². The van der Waals surface area contributed by atoms with Gasteiger partial charge in [0.05, 0.1) is 0 Å². The van der Waals surface area contributed by atoms with Crippen molar-refractivity contribution >= 4 is 24.0 Å². The molecule has 1 unspecified atom stereocenters. The molecule has 6 nitrogen and oxygen atoms in total. The number of nitrogen functional groups attached to an aromatic ring is 1. The molecule has 1 atom stereocenters. The van der Waals surface area contributed by atoms with E-state index < -0.39 is 0 Å². The highest BCUT2D eigenvalue weighted by Crippen LogP contribution is 2.31. The first kappa shape index (κ1) is 20.2. The van der Waals surface area contributed by atoms with E-state index in [1.54, 1.807) is 0 Å². The number of carbonyl (C=O) groups is 1. The average Bonchev–Trinajstić information content (AvgIpc) is 3.12. The number of anilines is 1. The third kappa shape index (κ3) is 5.21. The first-order valence-corrected chi connectivity index (χ1v) is 9.09. The molecule has 1 aliphatic carbocycles. The zero-order valence-corrected chi connectivity index (χ0v) is 15.9. The Hall–Kier alpha value is -2.08. The third-order valence-corrected chi connectivity index (χ3v) is 4.85. The minimum absolute atomic E-state index is 0. The van der Waals surface area contributed by atoms with Gasteiger partial charge in [-0.2, -0.15) is 4.98 Å². The molecular weight excluding hydrogens is 352 g/mol. The fourth-order valence-electron chi connectivity index (χ4n) is 3.34. The van der Waals surface area contributed by atoms with Crippen LogP contribution < -0.4 is 11.1 Å². The molecule has 0 aliphatic heterocycles. The molecule has 26 heavy (non-hydrogen) atoms. The van der Waals surface area contributed by atoms with Crippen LogP contribution in [0.5, 0.6) is 0 Å². The number of nitrogens with zero attached hydrogens (tertiary/aromatic N) is 2. The minimum atomic E-state index is -0.287. The molecule has 1 saturated carbocycles. The molecule has 1 heterocycles. The summed E-state index contributed by atoms with van der Waals surface area (Å²) in [4.78, 5) is 16.7. The van der Waals surface area contributed by atoms with Crippen molar-refractivity contribution in [3.63, 3.8) is 0 Å². The third-order valence-electron chi connectivity index (χ3n) is 4.85. The van der Waals surface area contributed by atoms with Crippen LogP contribution in [-0.2, 0) is 11.2 Å². The number of amides is 1. The van der Waals surface area contributed by atoms with Gasteiger partial charge in [-0.25, -0.2) is 0 Å². The highest BCUT2D eigenvalue weighted by molar-refractivity contribution is 5.85. The lowest BCUT2D eigenvalue weighted by Crippen LogP contribution is -2.27. The summed E-state index contributed by atoms with van der Waals surface area (Å²) in [7, 11) is 0. The summed E-state index contributed by atoms with van der Waals surface area (Å²) in [5, 5.41) is 7.05. The van der Waals surface area contributed by atoms with Crippen molar-refractivity contribution in [1.82, 2.24) is 15.5 Å². The summed E-state index contributed by atoms with van der Waals surface area (Å²) in [5.74, 6) is 1.62. The number of aromatic nitrogens is 2. The largest absolute Gasteiger partial charge is 0.399 e. The molecule has 1 aromatic carbocycles. The lowest BCUT2D eigenvalue weighted by molar-refractivity contribution is -0.121. The van der Waals surface area contributed by atoms with E-state index in [0.29, 0.717) is 24.7 Å². The molecule has 0 radical (unpaired) electrons. The smallest absolute Gasteiger partial charge is 0.248 e. The monoisotopic (exact) mass is 378 g/mol. The number of aryl methyl sites for hydroxylation is 1. The summed E-state index contributed by atoms with van der Waals surface area (Å²) in [5.41, 5.74) is 7.62. The summed E-state index contributed by atoms with van der Waals surface area (Å²) in [6.45, 7) is 1.87. The van der Waals surface area contributed by atoms with Crippen LogP contribution in [0.1, 0.15) is 74.7 Å². The maximum absolute atomic E-state index is 12.2. The number of para-hydroxylation sites is 1. The molecule has 3 rings (SSSR count). The Balaban J connectivity index is 0.00000243. The molecule has 1 amide bonds. The van der Waals surface area contributed by atoms with Gasteiger partial charge < -0.3 is 15.6 Å². The molecule has 0 bridgehead atoms. The van der Waals surface area contributed by atoms with Gasteiger partial charge >= 0.3 is 0 Å². The molecule has 142 valence electrons. The number of nitrogens with two attached hydrogens (primary N) is 1. The predicted molar refractivity (Wildman–Crippen MR) is 103 cm³/mol. The van der Waals surface area contributed by atoms with Gasteiger partial charge in [0.2, 0.25) is 11.8 Å². The zero-order chi connectivity index (χ0) is 17.6. The number of hydrogen-bond acceptors (Lipinski definition) is 5. The molecule has 1 aliphatic rings. The fraction of sp³-hybridized carbons (Fsp3) is 0.526. The number of benzene rings is 1. The van der Waals surface area contributed by atoms with Crippen molar-refractivity contribution < 1.29 is 9.32 Å². The highest BCUT2D eigenvalue weighted by Gasteiger charge is 2.23. The average molecular weight is 379 g/mol. The fourth-order valence-corrected chi connectivity index (χ4v) is 3.34. The predicted octanol–water partition coefficient (Wildman–Crippen LogP) is 3.93. The van der Waals surface area contributed by atoms with Crippen LogP contribution in [0.25, 0.3) is 0 Å². The summed E-state index contributed by atoms with van der Waals surface area (Å²) in [6, 6.07) is 7.32. The van der Waals surface area contributed by atoms with Gasteiger partial charge in [-0.3, -0.25) is 4.79 Å². The maximum Gasteiger partial charge on any atom is 0.248 e. The SMILES string of the molecule is CC(NC(=O)CCc1ccccc1N)c1nc(C2CCCCC2)no1.Cl. The summed E-state index contributed by atoms with van der Waals surface area (Å²) >= 11 is 0. The molecule has 1 aromatic heterocycles. The molecule has 0 spiro atoms. The van der Waals surface area contributed by atoms with Crippen molar-refractivity contribution in [1.29, 1.82) is 0 Å². The Morgan fingerprint density at radius 2 is 2.04 bits per heavy atom. The Morgan fingerprint density at radius 1 is 1.31 bits per heavy atom. The second-order valence-corrected chi connectivity index (χ2v) is 6.81. The molecule has 0 saturated heterocycles. The normalized spacial score (nSPS) is 15.9. The molecular formula is C19H27ClN4O2. The number of hydrogen-bond donors (Lipinski definition) is 2. The number of nitrogens with one attached hydrogen (secondary N) is 1. The molecule has 1 fully saturated rings. The van der Waals surface area contributed by atoms with Gasteiger partial charge in [-0.1, -0.05) is 42.6 Å². The van der Waals surface area contributed by atoms with Gasteiger partial charge in [0, 0.05) is 18.0 Å². The summed E-state index contributed by atoms with van der Waals surface area (Å²) in [6.07, 6.45) is 6.98. The number of carbonyl (C=O) groups excluding carboxylic acids is 1. The van der Waals surface area contributed by atoms with Crippen LogP contribution in [0.3, 0.4) is 0 Å². The topological polar surface area (TPSA) is 94.0 Å². The number of halogens is 1. The molecule has 7 heteroatoms. The van der Waals surface area contributed by atoms with Gasteiger partial charge in [0.1, 0.15) is 6.04 Å². The van der Waals surface area contributed by atoms with Crippen molar-refractivity contribution in [3.8, 4) is 0 Å².